The van der Waals surface area contributed by atoms with Gasteiger partial charge in [0, 0.05) is 23.9 Å². The highest BCUT2D eigenvalue weighted by Crippen LogP contribution is 2.35. The number of aryl methyl sites for hydroxylation is 1. The van der Waals surface area contributed by atoms with E-state index in [-0.39, 0.29) is 18.5 Å². The number of anilines is 2. The van der Waals surface area contributed by atoms with E-state index in [2.05, 4.69) is 5.32 Å². The zero-order valence-electron chi connectivity index (χ0n) is 14.9. The summed E-state index contributed by atoms with van der Waals surface area (Å²) >= 11 is 0. The van der Waals surface area contributed by atoms with Gasteiger partial charge in [0.2, 0.25) is 16.8 Å². The fraction of sp³-hybridized carbons (Fsp3) is 0.316. The first-order chi connectivity index (χ1) is 13.0. The lowest BCUT2D eigenvalue weighted by Crippen LogP contribution is -2.36. The highest BCUT2D eigenvalue weighted by molar-refractivity contribution is 7.92. The molecule has 1 N–H and O–H groups in total. The van der Waals surface area contributed by atoms with Gasteiger partial charge < -0.3 is 14.8 Å². The Labute approximate surface area is 157 Å². The maximum absolute atomic E-state index is 12.6. The van der Waals surface area contributed by atoms with Gasteiger partial charge in [0.1, 0.15) is 0 Å². The Morgan fingerprint density at radius 3 is 2.78 bits per heavy atom. The van der Waals surface area contributed by atoms with Crippen molar-refractivity contribution in [2.24, 2.45) is 0 Å². The van der Waals surface area contributed by atoms with Crippen LogP contribution < -0.4 is 19.1 Å². The number of rotatable bonds is 4. The third-order valence-corrected chi connectivity index (χ3v) is 6.53. The molecule has 7 nitrogen and oxygen atoms in total. The van der Waals surface area contributed by atoms with Crippen LogP contribution in [0.3, 0.4) is 0 Å². The van der Waals surface area contributed by atoms with E-state index in [0.29, 0.717) is 35.0 Å². The third-order valence-electron chi connectivity index (χ3n) is 4.75. The molecule has 0 radical (unpaired) electrons. The minimum absolute atomic E-state index is 0.0544. The Balaban J connectivity index is 1.57. The molecule has 2 heterocycles. The number of hydrogen-bond acceptors (Lipinski definition) is 5. The Morgan fingerprint density at radius 2 is 1.96 bits per heavy atom. The van der Waals surface area contributed by atoms with Crippen LogP contribution in [0.2, 0.25) is 0 Å². The average Bonchev–Trinajstić information content (AvgIpc) is 3.14. The summed E-state index contributed by atoms with van der Waals surface area (Å²) in [5.74, 6) is 1.04. The number of ether oxygens (including phenoxy) is 2. The van der Waals surface area contributed by atoms with Gasteiger partial charge >= 0.3 is 0 Å². The van der Waals surface area contributed by atoms with Gasteiger partial charge in [-0.25, -0.2) is 8.42 Å². The molecular weight excluding hydrogens is 368 g/mol. The molecule has 2 aromatic rings. The van der Waals surface area contributed by atoms with Crippen LogP contribution in [0.5, 0.6) is 11.5 Å². The molecule has 8 heteroatoms. The molecule has 142 valence electrons. The maximum atomic E-state index is 12.6. The van der Waals surface area contributed by atoms with E-state index >= 15 is 0 Å². The van der Waals surface area contributed by atoms with Crippen molar-refractivity contribution in [3.05, 3.63) is 47.5 Å². The molecule has 2 aliphatic heterocycles. The van der Waals surface area contributed by atoms with Gasteiger partial charge in [0.05, 0.1) is 11.4 Å². The predicted molar refractivity (Wildman–Crippen MR) is 102 cm³/mol. The van der Waals surface area contributed by atoms with Crippen LogP contribution in [-0.4, -0.2) is 33.4 Å². The first-order valence-corrected chi connectivity index (χ1v) is 10.4. The van der Waals surface area contributed by atoms with Crippen molar-refractivity contribution < 1.29 is 22.7 Å². The van der Waals surface area contributed by atoms with Gasteiger partial charge in [-0.05, 0) is 55.7 Å². The molecule has 0 atom stereocenters. The molecule has 0 saturated heterocycles. The molecule has 0 fully saturated rings. The topological polar surface area (TPSA) is 84.9 Å². The average molecular weight is 388 g/mol. The molecular formula is C19H20N2O5S. The van der Waals surface area contributed by atoms with Gasteiger partial charge in [-0.2, -0.15) is 0 Å². The van der Waals surface area contributed by atoms with Crippen LogP contribution in [0.15, 0.2) is 36.4 Å². The predicted octanol–water partition coefficient (Wildman–Crippen LogP) is 2.77. The Kier molecular flexibility index (Phi) is 4.43. The zero-order valence-corrected chi connectivity index (χ0v) is 15.7. The standard InChI is InChI=1S/C19H20N2O5S/c1-2-27(23,24)21-9-3-4-13-10-14(5-7-16(13)21)19(22)20-15-6-8-17-18(11-15)26-12-25-17/h5-8,10-11H,2-4,9,12H2,1H3,(H,20,22). The largest absolute Gasteiger partial charge is 0.454 e. The molecule has 27 heavy (non-hydrogen) atoms. The van der Waals surface area contributed by atoms with Crippen LogP contribution >= 0.6 is 0 Å². The second-order valence-electron chi connectivity index (χ2n) is 6.44. The summed E-state index contributed by atoms with van der Waals surface area (Å²) in [5, 5.41) is 2.84. The van der Waals surface area contributed by atoms with E-state index in [1.54, 1.807) is 43.3 Å². The molecule has 0 spiro atoms. The number of carbonyl (C=O) groups is 1. The van der Waals surface area contributed by atoms with E-state index < -0.39 is 10.0 Å². The summed E-state index contributed by atoms with van der Waals surface area (Å²) in [6.07, 6.45) is 1.48. The normalized spacial score (nSPS) is 15.4. The molecule has 0 unspecified atom stereocenters. The van der Waals surface area contributed by atoms with Crippen LogP contribution in [0, 0.1) is 0 Å². The lowest BCUT2D eigenvalue weighted by atomic mass is 10.0. The number of carbonyl (C=O) groups excluding carboxylic acids is 1. The number of nitrogens with one attached hydrogen (secondary N) is 1. The van der Waals surface area contributed by atoms with E-state index in [0.717, 1.165) is 18.4 Å². The molecule has 2 aliphatic rings. The van der Waals surface area contributed by atoms with Crippen molar-refractivity contribution in [3.63, 3.8) is 0 Å². The Bertz CT molecular complexity index is 1000. The Hall–Kier alpha value is -2.74. The first-order valence-electron chi connectivity index (χ1n) is 8.82. The van der Waals surface area contributed by atoms with Crippen LogP contribution in [0.25, 0.3) is 0 Å². The van der Waals surface area contributed by atoms with Crippen molar-refractivity contribution in [1.29, 1.82) is 0 Å². The van der Waals surface area contributed by atoms with E-state index in [1.165, 1.54) is 4.31 Å². The van der Waals surface area contributed by atoms with Gasteiger partial charge in [0.25, 0.3) is 5.91 Å². The number of benzene rings is 2. The summed E-state index contributed by atoms with van der Waals surface area (Å²) in [6.45, 7) is 2.29. The second-order valence-corrected chi connectivity index (χ2v) is 8.62. The summed E-state index contributed by atoms with van der Waals surface area (Å²) in [4.78, 5) is 12.6. The van der Waals surface area contributed by atoms with E-state index in [9.17, 15) is 13.2 Å². The number of nitrogens with zero attached hydrogens (tertiary/aromatic N) is 1. The minimum atomic E-state index is -3.32. The van der Waals surface area contributed by atoms with Crippen molar-refractivity contribution in [2.45, 2.75) is 19.8 Å². The minimum Gasteiger partial charge on any atom is -0.454 e. The monoisotopic (exact) mass is 388 g/mol. The van der Waals surface area contributed by atoms with Crippen LogP contribution in [-0.2, 0) is 16.4 Å². The van der Waals surface area contributed by atoms with Crippen molar-refractivity contribution >= 4 is 27.3 Å². The van der Waals surface area contributed by atoms with Gasteiger partial charge in [-0.1, -0.05) is 0 Å². The number of amides is 1. The highest BCUT2D eigenvalue weighted by atomic mass is 32.2. The molecule has 0 aliphatic carbocycles. The van der Waals surface area contributed by atoms with Gasteiger partial charge in [0.15, 0.2) is 11.5 Å². The first kappa shape index (κ1) is 17.7. The fourth-order valence-electron chi connectivity index (χ4n) is 3.33. The van der Waals surface area contributed by atoms with E-state index in [4.69, 9.17) is 9.47 Å². The number of sulfonamides is 1. The quantitative estimate of drug-likeness (QED) is 0.871. The molecule has 0 bridgehead atoms. The molecule has 1 amide bonds. The number of hydrogen-bond donors (Lipinski definition) is 1. The molecule has 0 saturated carbocycles. The lowest BCUT2D eigenvalue weighted by Gasteiger charge is -2.30. The van der Waals surface area contributed by atoms with Crippen molar-refractivity contribution in [1.82, 2.24) is 0 Å². The molecule has 2 aromatic carbocycles. The van der Waals surface area contributed by atoms with Crippen LogP contribution in [0.4, 0.5) is 11.4 Å². The van der Waals surface area contributed by atoms with Crippen molar-refractivity contribution in [3.8, 4) is 11.5 Å². The smallest absolute Gasteiger partial charge is 0.255 e. The summed E-state index contributed by atoms with van der Waals surface area (Å²) in [6, 6.07) is 10.4. The zero-order chi connectivity index (χ0) is 19.0. The highest BCUT2D eigenvalue weighted by Gasteiger charge is 2.26. The fourth-order valence-corrected chi connectivity index (χ4v) is 4.52. The van der Waals surface area contributed by atoms with Gasteiger partial charge in [-0.3, -0.25) is 9.10 Å². The third kappa shape index (κ3) is 3.32. The number of fused-ring (bicyclic) bond motifs is 2. The summed E-state index contributed by atoms with van der Waals surface area (Å²) in [7, 11) is -3.32. The second kappa shape index (κ2) is 6.77. The van der Waals surface area contributed by atoms with Gasteiger partial charge in [-0.15, -0.1) is 0 Å². The SMILES string of the molecule is CCS(=O)(=O)N1CCCc2cc(C(=O)Nc3ccc4c(c3)OCO4)ccc21. The van der Waals surface area contributed by atoms with Crippen molar-refractivity contribution in [2.75, 3.05) is 28.7 Å². The maximum Gasteiger partial charge on any atom is 0.255 e. The lowest BCUT2D eigenvalue weighted by molar-refractivity contribution is 0.102. The van der Waals surface area contributed by atoms with E-state index in [1.807, 2.05) is 0 Å². The Morgan fingerprint density at radius 1 is 1.15 bits per heavy atom. The molecule has 4 rings (SSSR count). The van der Waals surface area contributed by atoms with Crippen LogP contribution in [0.1, 0.15) is 29.3 Å². The summed E-state index contributed by atoms with van der Waals surface area (Å²) < 4.78 is 36.6. The molecule has 0 aromatic heterocycles. The summed E-state index contributed by atoms with van der Waals surface area (Å²) in [5.41, 5.74) is 2.64.